The number of amides is 2. The van der Waals surface area contributed by atoms with Crippen molar-refractivity contribution in [2.45, 2.75) is 32.3 Å². The number of hydrogen-bond donors (Lipinski definition) is 0. The summed E-state index contributed by atoms with van der Waals surface area (Å²) in [5.41, 5.74) is 2.51. The number of nitrogens with zero attached hydrogens (tertiary/aromatic N) is 4. The van der Waals surface area contributed by atoms with Crippen LogP contribution in [0.4, 0.5) is 0 Å². The lowest BCUT2D eigenvalue weighted by atomic mass is 10.1. The van der Waals surface area contributed by atoms with Crippen LogP contribution in [0.5, 0.6) is 0 Å². The monoisotopic (exact) mass is 370 g/mol. The number of ether oxygens (including phenoxy) is 1. The molecule has 2 aliphatic rings. The minimum absolute atomic E-state index is 0.00613. The molecule has 27 heavy (non-hydrogen) atoms. The Morgan fingerprint density at radius 1 is 1.11 bits per heavy atom. The summed E-state index contributed by atoms with van der Waals surface area (Å²) >= 11 is 0. The molecular weight excluding hydrogens is 344 g/mol. The topological polar surface area (TPSA) is 67.7 Å². The van der Waals surface area contributed by atoms with Crippen molar-refractivity contribution in [2.24, 2.45) is 7.05 Å². The molecule has 2 aromatic rings. The molecule has 0 aliphatic carbocycles. The van der Waals surface area contributed by atoms with Gasteiger partial charge in [0.25, 0.3) is 11.8 Å². The molecule has 7 nitrogen and oxygen atoms in total. The third kappa shape index (κ3) is 3.43. The van der Waals surface area contributed by atoms with E-state index in [4.69, 9.17) is 4.74 Å². The number of rotatable bonds is 2. The molecule has 2 amide bonds. The van der Waals surface area contributed by atoms with Crippen LogP contribution in [0, 0.1) is 6.92 Å². The molecule has 7 heteroatoms. The van der Waals surface area contributed by atoms with E-state index in [1.54, 1.807) is 0 Å². The van der Waals surface area contributed by atoms with Crippen LogP contribution in [0.2, 0.25) is 0 Å². The third-order valence-corrected chi connectivity index (χ3v) is 5.65. The number of fused-ring (bicyclic) bond motifs is 1. The lowest BCUT2D eigenvalue weighted by Crippen LogP contribution is -2.41. The van der Waals surface area contributed by atoms with E-state index in [9.17, 15) is 9.59 Å². The number of imidazole rings is 1. The average Bonchev–Trinajstić information content (AvgIpc) is 3.22. The van der Waals surface area contributed by atoms with Gasteiger partial charge in [0.1, 0.15) is 11.9 Å². The summed E-state index contributed by atoms with van der Waals surface area (Å²) in [5, 5.41) is 0. The van der Waals surface area contributed by atoms with Crippen molar-refractivity contribution in [3.8, 4) is 0 Å². The van der Waals surface area contributed by atoms with Gasteiger partial charge in [-0.1, -0.05) is 0 Å². The van der Waals surface area contributed by atoms with Gasteiger partial charge in [0.15, 0.2) is 0 Å². The highest BCUT2D eigenvalue weighted by atomic mass is 16.5. The van der Waals surface area contributed by atoms with Gasteiger partial charge in [0, 0.05) is 45.4 Å². The van der Waals surface area contributed by atoms with Crippen molar-refractivity contribution in [2.75, 3.05) is 32.8 Å². The Labute approximate surface area is 158 Å². The highest BCUT2D eigenvalue weighted by Gasteiger charge is 2.30. The van der Waals surface area contributed by atoms with Crippen molar-refractivity contribution in [3.05, 3.63) is 29.6 Å². The highest BCUT2D eigenvalue weighted by molar-refractivity contribution is 5.97. The van der Waals surface area contributed by atoms with Gasteiger partial charge in [-0.05, 0) is 44.4 Å². The molecule has 0 saturated carbocycles. The Bertz CT molecular complexity index is 869. The van der Waals surface area contributed by atoms with Crippen LogP contribution in [0.3, 0.4) is 0 Å². The van der Waals surface area contributed by atoms with E-state index < -0.39 is 0 Å². The van der Waals surface area contributed by atoms with Crippen LogP contribution in [0.1, 0.15) is 35.4 Å². The summed E-state index contributed by atoms with van der Waals surface area (Å²) in [6, 6.07) is 5.68. The van der Waals surface area contributed by atoms with E-state index in [0.717, 1.165) is 36.1 Å². The number of aryl methyl sites for hydroxylation is 2. The van der Waals surface area contributed by atoms with Crippen LogP contribution in [0.25, 0.3) is 11.0 Å². The first-order valence-electron chi connectivity index (χ1n) is 9.67. The maximum atomic E-state index is 13.0. The van der Waals surface area contributed by atoms with E-state index in [0.29, 0.717) is 38.3 Å². The van der Waals surface area contributed by atoms with Crippen LogP contribution in [0.15, 0.2) is 18.2 Å². The van der Waals surface area contributed by atoms with E-state index in [1.165, 1.54) is 0 Å². The first kappa shape index (κ1) is 18.0. The van der Waals surface area contributed by atoms with Crippen LogP contribution >= 0.6 is 0 Å². The third-order valence-electron chi connectivity index (χ3n) is 5.65. The second-order valence-electron chi connectivity index (χ2n) is 7.39. The Morgan fingerprint density at radius 2 is 1.89 bits per heavy atom. The molecule has 0 spiro atoms. The number of benzene rings is 1. The normalized spacial score (nSPS) is 20.9. The largest absolute Gasteiger partial charge is 0.368 e. The maximum absolute atomic E-state index is 13.0. The molecule has 0 bridgehead atoms. The van der Waals surface area contributed by atoms with Gasteiger partial charge in [-0.25, -0.2) is 4.98 Å². The van der Waals surface area contributed by atoms with Gasteiger partial charge in [0.2, 0.25) is 0 Å². The van der Waals surface area contributed by atoms with Gasteiger partial charge in [-0.15, -0.1) is 0 Å². The number of carbonyl (C=O) groups excluding carboxylic acids is 2. The molecule has 2 aliphatic heterocycles. The first-order valence-corrected chi connectivity index (χ1v) is 9.67. The van der Waals surface area contributed by atoms with Gasteiger partial charge in [0.05, 0.1) is 11.0 Å². The number of hydrogen-bond acceptors (Lipinski definition) is 4. The van der Waals surface area contributed by atoms with Gasteiger partial charge in [-0.3, -0.25) is 9.59 Å². The smallest absolute Gasteiger partial charge is 0.253 e. The second-order valence-corrected chi connectivity index (χ2v) is 7.39. The quantitative estimate of drug-likeness (QED) is 0.808. The van der Waals surface area contributed by atoms with Gasteiger partial charge < -0.3 is 19.1 Å². The molecule has 144 valence electrons. The fraction of sp³-hybridized carbons (Fsp3) is 0.550. The Hall–Kier alpha value is -2.41. The van der Waals surface area contributed by atoms with E-state index >= 15 is 0 Å². The molecule has 4 rings (SSSR count). The minimum Gasteiger partial charge on any atom is -0.368 e. The van der Waals surface area contributed by atoms with Crippen molar-refractivity contribution in [3.63, 3.8) is 0 Å². The molecule has 1 aromatic carbocycles. The van der Waals surface area contributed by atoms with Crippen molar-refractivity contribution < 1.29 is 14.3 Å². The zero-order valence-corrected chi connectivity index (χ0v) is 16.0. The van der Waals surface area contributed by atoms with Crippen LogP contribution in [-0.2, 0) is 16.6 Å². The summed E-state index contributed by atoms with van der Waals surface area (Å²) in [4.78, 5) is 33.8. The summed E-state index contributed by atoms with van der Waals surface area (Å²) in [7, 11) is 1.97. The van der Waals surface area contributed by atoms with E-state index in [2.05, 4.69) is 4.98 Å². The van der Waals surface area contributed by atoms with Gasteiger partial charge in [-0.2, -0.15) is 0 Å². The predicted octanol–water partition coefficient (Wildman–Crippen LogP) is 1.74. The lowest BCUT2D eigenvalue weighted by molar-refractivity contribution is -0.140. The Kier molecular flexibility index (Phi) is 4.86. The van der Waals surface area contributed by atoms with Crippen LogP contribution in [-0.4, -0.2) is 70.1 Å². The molecule has 0 radical (unpaired) electrons. The predicted molar refractivity (Wildman–Crippen MR) is 102 cm³/mol. The molecule has 2 saturated heterocycles. The highest BCUT2D eigenvalue weighted by Crippen LogP contribution is 2.19. The average molecular weight is 370 g/mol. The SMILES string of the molecule is Cc1nc2cc(C(=O)N3CCCN(C(=O)C4CCCO4)CC3)ccc2n1C. The molecule has 1 atom stereocenters. The van der Waals surface area contributed by atoms with Crippen molar-refractivity contribution >= 4 is 22.8 Å². The fourth-order valence-electron chi connectivity index (χ4n) is 3.95. The molecular formula is C20H26N4O3. The standard InChI is InChI=1S/C20H26N4O3/c1-14-21-16-13-15(6-7-17(16)22(14)2)19(25)23-8-4-9-24(11-10-23)20(26)18-5-3-12-27-18/h6-7,13,18H,3-5,8-12H2,1-2H3. The molecule has 2 fully saturated rings. The lowest BCUT2D eigenvalue weighted by Gasteiger charge is -2.24. The summed E-state index contributed by atoms with van der Waals surface area (Å²) in [5.74, 6) is 1.01. The minimum atomic E-state index is -0.290. The number of aromatic nitrogens is 2. The summed E-state index contributed by atoms with van der Waals surface area (Å²) < 4.78 is 7.54. The summed E-state index contributed by atoms with van der Waals surface area (Å²) in [6.07, 6.45) is 2.25. The van der Waals surface area contributed by atoms with E-state index in [1.807, 2.05) is 46.5 Å². The van der Waals surface area contributed by atoms with Crippen molar-refractivity contribution in [1.29, 1.82) is 0 Å². The zero-order chi connectivity index (χ0) is 19.0. The van der Waals surface area contributed by atoms with Crippen molar-refractivity contribution in [1.82, 2.24) is 19.4 Å². The Balaban J connectivity index is 1.45. The molecule has 0 N–H and O–H groups in total. The number of carbonyl (C=O) groups is 2. The summed E-state index contributed by atoms with van der Waals surface area (Å²) in [6.45, 7) is 5.08. The molecule has 1 unspecified atom stereocenters. The Morgan fingerprint density at radius 3 is 2.67 bits per heavy atom. The molecule has 1 aromatic heterocycles. The van der Waals surface area contributed by atoms with Gasteiger partial charge >= 0.3 is 0 Å². The molecule has 3 heterocycles. The fourth-order valence-corrected chi connectivity index (χ4v) is 3.95. The van der Waals surface area contributed by atoms with E-state index in [-0.39, 0.29) is 17.9 Å². The maximum Gasteiger partial charge on any atom is 0.253 e. The second kappa shape index (κ2) is 7.31. The van der Waals surface area contributed by atoms with Crippen LogP contribution < -0.4 is 0 Å². The first-order chi connectivity index (χ1) is 13.0. The zero-order valence-electron chi connectivity index (χ0n) is 16.0.